The van der Waals surface area contributed by atoms with Crippen LogP contribution in [0.3, 0.4) is 0 Å². The van der Waals surface area contributed by atoms with Gasteiger partial charge in [-0.15, -0.1) is 0 Å². The van der Waals surface area contributed by atoms with Crippen molar-refractivity contribution in [1.29, 1.82) is 0 Å². The van der Waals surface area contributed by atoms with E-state index in [0.29, 0.717) is 19.5 Å². The van der Waals surface area contributed by atoms with Crippen molar-refractivity contribution in [3.05, 3.63) is 65.2 Å². The number of nitrogens with zero attached hydrogens (tertiary/aromatic N) is 2. The van der Waals surface area contributed by atoms with Crippen molar-refractivity contribution in [3.63, 3.8) is 0 Å². The Labute approximate surface area is 147 Å². The number of pyridine rings is 1. The number of aromatic nitrogens is 1. The Morgan fingerprint density at radius 3 is 2.60 bits per heavy atom. The fraction of sp³-hybridized carbons (Fsp3) is 0.400. The summed E-state index contributed by atoms with van der Waals surface area (Å²) >= 11 is 0. The first-order chi connectivity index (χ1) is 12.0. The zero-order valence-electron chi connectivity index (χ0n) is 14.4. The van der Waals surface area contributed by atoms with Crippen LogP contribution in [0.4, 0.5) is 4.39 Å². The largest absolute Gasteiger partial charge is 0.388 e. The topological polar surface area (TPSA) is 53.4 Å². The Morgan fingerprint density at radius 1 is 1.28 bits per heavy atom. The molecule has 2 aromatic rings. The van der Waals surface area contributed by atoms with Crippen LogP contribution in [0.1, 0.15) is 35.6 Å². The number of benzene rings is 1. The smallest absolute Gasteiger partial charge is 0.227 e. The zero-order chi connectivity index (χ0) is 17.8. The summed E-state index contributed by atoms with van der Waals surface area (Å²) in [4.78, 5) is 18.4. The monoisotopic (exact) mass is 342 g/mol. The van der Waals surface area contributed by atoms with Gasteiger partial charge in [-0.05, 0) is 60.6 Å². The Bertz CT molecular complexity index is 725. The van der Waals surface area contributed by atoms with E-state index in [1.807, 2.05) is 17.9 Å². The number of aryl methyl sites for hydroxylation is 1. The lowest BCUT2D eigenvalue weighted by atomic mass is 9.87. The van der Waals surface area contributed by atoms with Crippen molar-refractivity contribution in [3.8, 4) is 0 Å². The highest BCUT2D eigenvalue weighted by Crippen LogP contribution is 2.31. The van der Waals surface area contributed by atoms with Gasteiger partial charge in [0.1, 0.15) is 5.82 Å². The predicted molar refractivity (Wildman–Crippen MR) is 93.3 cm³/mol. The molecule has 0 saturated carbocycles. The summed E-state index contributed by atoms with van der Waals surface area (Å²) in [7, 11) is 0. The molecule has 4 nitrogen and oxygen atoms in total. The third-order valence-corrected chi connectivity index (χ3v) is 5.03. The highest BCUT2D eigenvalue weighted by Gasteiger charge is 2.28. The highest BCUT2D eigenvalue weighted by atomic mass is 19.1. The number of aliphatic hydroxyl groups is 1. The first-order valence-electron chi connectivity index (χ1n) is 8.65. The summed E-state index contributed by atoms with van der Waals surface area (Å²) in [5.41, 5.74) is 2.77. The molecule has 0 radical (unpaired) electrons. The van der Waals surface area contributed by atoms with Crippen molar-refractivity contribution < 1.29 is 14.3 Å². The maximum absolute atomic E-state index is 13.0. The van der Waals surface area contributed by atoms with Gasteiger partial charge in [0.15, 0.2) is 0 Å². The molecule has 25 heavy (non-hydrogen) atoms. The number of likely N-dealkylation sites (tertiary alicyclic amines) is 1. The van der Waals surface area contributed by atoms with E-state index in [2.05, 4.69) is 4.98 Å². The summed E-state index contributed by atoms with van der Waals surface area (Å²) in [6.07, 6.45) is 4.76. The lowest BCUT2D eigenvalue weighted by Crippen LogP contribution is -2.40. The Morgan fingerprint density at radius 2 is 1.96 bits per heavy atom. The second-order valence-electron chi connectivity index (χ2n) is 6.69. The van der Waals surface area contributed by atoms with Crippen LogP contribution < -0.4 is 0 Å². The molecule has 132 valence electrons. The molecule has 0 aliphatic carbocycles. The summed E-state index contributed by atoms with van der Waals surface area (Å²) < 4.78 is 13.0. The maximum Gasteiger partial charge on any atom is 0.227 e. The SMILES string of the molecule is Cc1cnccc1CC(=O)N1CCC(C(O)c2ccc(F)cc2)CC1. The summed E-state index contributed by atoms with van der Waals surface area (Å²) in [6.45, 7) is 3.25. The number of rotatable bonds is 4. The Hall–Kier alpha value is -2.27. The molecule has 1 aliphatic rings. The molecule has 1 aromatic heterocycles. The molecule has 0 bridgehead atoms. The fourth-order valence-corrected chi connectivity index (χ4v) is 3.37. The molecule has 2 heterocycles. The van der Waals surface area contributed by atoms with Crippen molar-refractivity contribution in [2.24, 2.45) is 5.92 Å². The van der Waals surface area contributed by atoms with Crippen LogP contribution in [0, 0.1) is 18.7 Å². The molecule has 1 unspecified atom stereocenters. The van der Waals surface area contributed by atoms with Crippen molar-refractivity contribution >= 4 is 5.91 Å². The molecule has 1 amide bonds. The van der Waals surface area contributed by atoms with E-state index in [1.165, 1.54) is 12.1 Å². The van der Waals surface area contributed by atoms with Gasteiger partial charge in [-0.25, -0.2) is 4.39 Å². The predicted octanol–water partition coefficient (Wildman–Crippen LogP) is 3.04. The molecular formula is C20H23FN2O2. The van der Waals surface area contributed by atoms with E-state index in [9.17, 15) is 14.3 Å². The fourth-order valence-electron chi connectivity index (χ4n) is 3.37. The average Bonchev–Trinajstić information content (AvgIpc) is 2.64. The van der Waals surface area contributed by atoms with Crippen LogP contribution in [-0.4, -0.2) is 34.0 Å². The summed E-state index contributed by atoms with van der Waals surface area (Å²) in [5.74, 6) is -0.0935. The number of halogens is 1. The number of carbonyl (C=O) groups excluding carboxylic acids is 1. The first kappa shape index (κ1) is 17.5. The second-order valence-corrected chi connectivity index (χ2v) is 6.69. The lowest BCUT2D eigenvalue weighted by Gasteiger charge is -2.34. The Kier molecular flexibility index (Phi) is 5.43. The van der Waals surface area contributed by atoms with Gasteiger partial charge in [-0.1, -0.05) is 12.1 Å². The highest BCUT2D eigenvalue weighted by molar-refractivity contribution is 5.79. The molecule has 1 aliphatic heterocycles. The molecule has 1 saturated heterocycles. The number of piperidine rings is 1. The minimum atomic E-state index is -0.611. The molecule has 1 atom stereocenters. The third-order valence-electron chi connectivity index (χ3n) is 5.03. The van der Waals surface area contributed by atoms with Gasteiger partial charge in [0.25, 0.3) is 0 Å². The molecular weight excluding hydrogens is 319 g/mol. The number of hydrogen-bond donors (Lipinski definition) is 1. The van der Waals surface area contributed by atoms with Gasteiger partial charge in [0, 0.05) is 25.5 Å². The second kappa shape index (κ2) is 7.74. The van der Waals surface area contributed by atoms with Crippen LogP contribution in [-0.2, 0) is 11.2 Å². The molecule has 1 N–H and O–H groups in total. The van der Waals surface area contributed by atoms with E-state index in [0.717, 1.165) is 29.5 Å². The van der Waals surface area contributed by atoms with Crippen LogP contribution in [0.5, 0.6) is 0 Å². The summed E-state index contributed by atoms with van der Waals surface area (Å²) in [5, 5.41) is 10.5. The van der Waals surface area contributed by atoms with Gasteiger partial charge in [0.2, 0.25) is 5.91 Å². The molecule has 5 heteroatoms. The third kappa shape index (κ3) is 4.23. The average molecular weight is 342 g/mol. The van der Waals surface area contributed by atoms with E-state index in [4.69, 9.17) is 0 Å². The van der Waals surface area contributed by atoms with E-state index in [-0.39, 0.29) is 17.6 Å². The molecule has 0 spiro atoms. The van der Waals surface area contributed by atoms with Gasteiger partial charge in [-0.2, -0.15) is 0 Å². The van der Waals surface area contributed by atoms with Gasteiger partial charge < -0.3 is 10.0 Å². The molecule has 1 aromatic carbocycles. The zero-order valence-corrected chi connectivity index (χ0v) is 14.4. The quantitative estimate of drug-likeness (QED) is 0.929. The normalized spacial score (nSPS) is 16.7. The first-order valence-corrected chi connectivity index (χ1v) is 8.65. The van der Waals surface area contributed by atoms with E-state index >= 15 is 0 Å². The minimum Gasteiger partial charge on any atom is -0.388 e. The number of amides is 1. The number of aliphatic hydroxyl groups excluding tert-OH is 1. The molecule has 1 fully saturated rings. The Balaban J connectivity index is 1.55. The van der Waals surface area contributed by atoms with Crippen molar-refractivity contribution in [2.45, 2.75) is 32.3 Å². The van der Waals surface area contributed by atoms with Crippen molar-refractivity contribution in [2.75, 3.05) is 13.1 Å². The van der Waals surface area contributed by atoms with Crippen LogP contribution in [0.15, 0.2) is 42.7 Å². The lowest BCUT2D eigenvalue weighted by molar-refractivity contribution is -0.132. The number of hydrogen-bond acceptors (Lipinski definition) is 3. The van der Waals surface area contributed by atoms with Crippen LogP contribution in [0.25, 0.3) is 0 Å². The number of carbonyl (C=O) groups is 1. The van der Waals surface area contributed by atoms with Gasteiger partial charge >= 0.3 is 0 Å². The maximum atomic E-state index is 13.0. The van der Waals surface area contributed by atoms with Gasteiger partial charge in [-0.3, -0.25) is 9.78 Å². The van der Waals surface area contributed by atoms with E-state index < -0.39 is 6.10 Å². The van der Waals surface area contributed by atoms with Crippen LogP contribution >= 0.6 is 0 Å². The van der Waals surface area contributed by atoms with Crippen LogP contribution in [0.2, 0.25) is 0 Å². The van der Waals surface area contributed by atoms with Gasteiger partial charge in [0.05, 0.1) is 12.5 Å². The minimum absolute atomic E-state index is 0.0946. The van der Waals surface area contributed by atoms with E-state index in [1.54, 1.807) is 24.5 Å². The molecule has 3 rings (SSSR count). The standard InChI is InChI=1S/C20H23FN2O2/c1-14-13-22-9-6-17(14)12-19(24)23-10-7-16(8-11-23)20(25)15-2-4-18(21)5-3-15/h2-6,9,13,16,20,25H,7-8,10-12H2,1H3. The van der Waals surface area contributed by atoms with Crippen molar-refractivity contribution in [1.82, 2.24) is 9.88 Å². The summed E-state index contributed by atoms with van der Waals surface area (Å²) in [6, 6.07) is 7.88.